The minimum Gasteiger partial charge on any atom is -0.499 e. The third kappa shape index (κ3) is 2.67. The second-order valence-corrected chi connectivity index (χ2v) is 5.97. The third-order valence-electron chi connectivity index (χ3n) is 5.01. The Balaban J connectivity index is 1.47. The average molecular weight is 236 g/mol. The van der Waals surface area contributed by atoms with Gasteiger partial charge in [0.05, 0.1) is 24.6 Å². The topological polar surface area (TPSA) is 21.8 Å². The standard InChI is InChI=1S/C15H24O2/c1-2-16-13-7-3-11(4-8-13)12-5-9-14-15(17-14)10-6-12/h2,11-15H,1,3-10H2. The molecule has 1 heterocycles. The van der Waals surface area contributed by atoms with Crippen molar-refractivity contribution in [1.29, 1.82) is 0 Å². The Bertz CT molecular complexity index is 256. The zero-order valence-corrected chi connectivity index (χ0v) is 10.6. The number of ether oxygens (including phenoxy) is 2. The third-order valence-corrected chi connectivity index (χ3v) is 5.01. The summed E-state index contributed by atoms with van der Waals surface area (Å²) in [5.74, 6) is 1.92. The summed E-state index contributed by atoms with van der Waals surface area (Å²) in [4.78, 5) is 0. The molecule has 0 aromatic heterocycles. The first-order valence-electron chi connectivity index (χ1n) is 7.28. The highest BCUT2D eigenvalue weighted by atomic mass is 16.6. The van der Waals surface area contributed by atoms with E-state index < -0.39 is 0 Å². The van der Waals surface area contributed by atoms with Gasteiger partial charge >= 0.3 is 0 Å². The monoisotopic (exact) mass is 236 g/mol. The van der Waals surface area contributed by atoms with Crippen LogP contribution in [0.15, 0.2) is 12.8 Å². The van der Waals surface area contributed by atoms with Crippen molar-refractivity contribution in [2.24, 2.45) is 11.8 Å². The van der Waals surface area contributed by atoms with E-state index >= 15 is 0 Å². The van der Waals surface area contributed by atoms with Crippen molar-refractivity contribution < 1.29 is 9.47 Å². The lowest BCUT2D eigenvalue weighted by atomic mass is 9.76. The smallest absolute Gasteiger partial charge is 0.0978 e. The van der Waals surface area contributed by atoms with Gasteiger partial charge < -0.3 is 9.47 Å². The zero-order chi connectivity index (χ0) is 11.7. The van der Waals surface area contributed by atoms with Crippen molar-refractivity contribution in [1.82, 2.24) is 0 Å². The SMILES string of the molecule is C=COC1CCC(C2CCC3OC3CC2)CC1. The Morgan fingerprint density at radius 2 is 1.35 bits per heavy atom. The Hall–Kier alpha value is -0.500. The van der Waals surface area contributed by atoms with E-state index in [9.17, 15) is 0 Å². The van der Waals surface area contributed by atoms with Gasteiger partial charge in [0.2, 0.25) is 0 Å². The van der Waals surface area contributed by atoms with E-state index in [2.05, 4.69) is 6.58 Å². The molecule has 3 rings (SSSR count). The minimum absolute atomic E-state index is 0.450. The molecule has 0 aromatic rings. The molecule has 3 aliphatic rings. The molecule has 96 valence electrons. The quantitative estimate of drug-likeness (QED) is 0.551. The van der Waals surface area contributed by atoms with Crippen LogP contribution >= 0.6 is 0 Å². The van der Waals surface area contributed by atoms with Crippen molar-refractivity contribution in [3.05, 3.63) is 12.8 Å². The molecule has 0 radical (unpaired) electrons. The molecule has 2 heteroatoms. The highest BCUT2D eigenvalue weighted by Gasteiger charge is 2.42. The van der Waals surface area contributed by atoms with Gasteiger partial charge in [-0.15, -0.1) is 0 Å². The van der Waals surface area contributed by atoms with Crippen LogP contribution in [0.25, 0.3) is 0 Å². The molecule has 1 saturated heterocycles. The van der Waals surface area contributed by atoms with E-state index in [0.717, 1.165) is 11.8 Å². The van der Waals surface area contributed by atoms with Gasteiger partial charge in [-0.1, -0.05) is 6.58 Å². The Kier molecular flexibility index (Phi) is 3.41. The van der Waals surface area contributed by atoms with E-state index in [1.807, 2.05) is 0 Å². The number of epoxide rings is 1. The molecule has 0 amide bonds. The van der Waals surface area contributed by atoms with Crippen molar-refractivity contribution >= 4 is 0 Å². The maximum Gasteiger partial charge on any atom is 0.0978 e. The van der Waals surface area contributed by atoms with E-state index in [4.69, 9.17) is 9.47 Å². The van der Waals surface area contributed by atoms with Gasteiger partial charge in [-0.2, -0.15) is 0 Å². The summed E-state index contributed by atoms with van der Waals surface area (Å²) in [6.45, 7) is 3.65. The van der Waals surface area contributed by atoms with Gasteiger partial charge in [-0.05, 0) is 63.2 Å². The maximum atomic E-state index is 5.61. The number of hydrogen-bond acceptors (Lipinski definition) is 2. The lowest BCUT2D eigenvalue weighted by Crippen LogP contribution is -2.25. The summed E-state index contributed by atoms with van der Waals surface area (Å²) < 4.78 is 11.1. The Morgan fingerprint density at radius 1 is 0.824 bits per heavy atom. The molecular weight excluding hydrogens is 212 g/mol. The predicted molar refractivity (Wildman–Crippen MR) is 67.6 cm³/mol. The first-order chi connectivity index (χ1) is 8.36. The van der Waals surface area contributed by atoms with E-state index in [1.54, 1.807) is 6.26 Å². The fourth-order valence-corrected chi connectivity index (χ4v) is 3.89. The van der Waals surface area contributed by atoms with Crippen molar-refractivity contribution in [2.45, 2.75) is 69.7 Å². The van der Waals surface area contributed by atoms with Gasteiger partial charge in [0.1, 0.15) is 0 Å². The minimum atomic E-state index is 0.450. The van der Waals surface area contributed by atoms with E-state index in [1.165, 1.54) is 51.4 Å². The molecule has 2 atom stereocenters. The molecule has 2 saturated carbocycles. The molecule has 0 aromatic carbocycles. The highest BCUT2D eigenvalue weighted by molar-refractivity contribution is 4.91. The van der Waals surface area contributed by atoms with Crippen LogP contribution in [0.5, 0.6) is 0 Å². The van der Waals surface area contributed by atoms with Crippen molar-refractivity contribution in [3.63, 3.8) is 0 Å². The van der Waals surface area contributed by atoms with Gasteiger partial charge in [-0.25, -0.2) is 0 Å². The van der Waals surface area contributed by atoms with Crippen LogP contribution in [0.1, 0.15) is 51.4 Å². The van der Waals surface area contributed by atoms with E-state index in [0.29, 0.717) is 18.3 Å². The average Bonchev–Trinajstić information content (AvgIpc) is 3.09. The summed E-state index contributed by atoms with van der Waals surface area (Å²) in [6, 6.07) is 0. The predicted octanol–water partition coefficient (Wildman–Crippen LogP) is 3.66. The lowest BCUT2D eigenvalue weighted by molar-refractivity contribution is 0.0701. The molecule has 2 unspecified atom stereocenters. The molecular formula is C15H24O2. The second-order valence-electron chi connectivity index (χ2n) is 5.97. The summed E-state index contributed by atoms with van der Waals surface area (Å²) in [5, 5.41) is 0. The summed E-state index contributed by atoms with van der Waals surface area (Å²) in [5.41, 5.74) is 0. The second kappa shape index (κ2) is 5.01. The van der Waals surface area contributed by atoms with Crippen LogP contribution in [0.3, 0.4) is 0 Å². The largest absolute Gasteiger partial charge is 0.499 e. The van der Waals surface area contributed by atoms with Crippen molar-refractivity contribution in [3.8, 4) is 0 Å². The Labute approximate surface area is 104 Å². The number of rotatable bonds is 3. The van der Waals surface area contributed by atoms with Crippen LogP contribution < -0.4 is 0 Å². The highest BCUT2D eigenvalue weighted by Crippen LogP contribution is 2.43. The van der Waals surface area contributed by atoms with Crippen LogP contribution in [0.2, 0.25) is 0 Å². The summed E-state index contributed by atoms with van der Waals surface area (Å²) in [7, 11) is 0. The fraction of sp³-hybridized carbons (Fsp3) is 0.867. The molecule has 0 spiro atoms. The molecule has 1 aliphatic heterocycles. The van der Waals surface area contributed by atoms with Crippen LogP contribution in [-0.4, -0.2) is 18.3 Å². The molecule has 0 bridgehead atoms. The van der Waals surface area contributed by atoms with Crippen LogP contribution in [-0.2, 0) is 9.47 Å². The molecule has 17 heavy (non-hydrogen) atoms. The fourth-order valence-electron chi connectivity index (χ4n) is 3.89. The molecule has 0 N–H and O–H groups in total. The van der Waals surface area contributed by atoms with Gasteiger partial charge in [-0.3, -0.25) is 0 Å². The number of fused-ring (bicyclic) bond motifs is 1. The van der Waals surface area contributed by atoms with Crippen molar-refractivity contribution in [2.75, 3.05) is 0 Å². The lowest BCUT2D eigenvalue weighted by Gasteiger charge is -2.33. The normalized spacial score (nSPS) is 45.5. The first kappa shape index (κ1) is 11.6. The maximum absolute atomic E-state index is 5.61. The van der Waals surface area contributed by atoms with Gasteiger partial charge in [0.25, 0.3) is 0 Å². The summed E-state index contributed by atoms with van der Waals surface area (Å²) >= 11 is 0. The van der Waals surface area contributed by atoms with Gasteiger partial charge in [0, 0.05) is 0 Å². The zero-order valence-electron chi connectivity index (χ0n) is 10.6. The van der Waals surface area contributed by atoms with Crippen LogP contribution in [0.4, 0.5) is 0 Å². The number of hydrogen-bond donors (Lipinski definition) is 0. The first-order valence-corrected chi connectivity index (χ1v) is 7.28. The van der Waals surface area contributed by atoms with Gasteiger partial charge in [0.15, 0.2) is 0 Å². The van der Waals surface area contributed by atoms with E-state index in [-0.39, 0.29) is 0 Å². The van der Waals surface area contributed by atoms with Crippen LogP contribution in [0, 0.1) is 11.8 Å². The molecule has 3 fully saturated rings. The molecule has 2 nitrogen and oxygen atoms in total. The summed E-state index contributed by atoms with van der Waals surface area (Å²) in [6.07, 6.45) is 14.0. The Morgan fingerprint density at radius 3 is 1.88 bits per heavy atom. The molecule has 2 aliphatic carbocycles.